The molecule has 1 N–H and O–H groups in total. The largest absolute Gasteiger partial charge is 0.481 e. The predicted molar refractivity (Wildman–Crippen MR) is 94.7 cm³/mol. The molecular weight excluding hydrogens is 328 g/mol. The molecule has 1 rings (SSSR count). The molecule has 0 amide bonds. The summed E-state index contributed by atoms with van der Waals surface area (Å²) in [5.74, 6) is -1.32. The summed E-state index contributed by atoms with van der Waals surface area (Å²) in [6, 6.07) is 0. The molecule has 1 aromatic rings. The molecule has 0 aliphatic rings. The standard InChI is InChI=1S/C18H26O5S/c1-10-13(7-15(19)20)11(2)17(24)12(3)14(10)8-22-9-16(21)23-18(4,5)6/h24H,7-9H2,1-6H3,(H,19,20). The molecule has 0 heterocycles. The molecular formula is C18H26O5S. The number of hydrogen-bond acceptors (Lipinski definition) is 5. The lowest BCUT2D eigenvalue weighted by molar-refractivity contribution is -0.160. The maximum Gasteiger partial charge on any atom is 0.332 e. The van der Waals surface area contributed by atoms with Crippen molar-refractivity contribution < 1.29 is 24.2 Å². The molecule has 0 aromatic heterocycles. The van der Waals surface area contributed by atoms with Gasteiger partial charge in [0.2, 0.25) is 0 Å². The molecule has 134 valence electrons. The number of esters is 1. The monoisotopic (exact) mass is 354 g/mol. The van der Waals surface area contributed by atoms with Crippen molar-refractivity contribution in [3.63, 3.8) is 0 Å². The van der Waals surface area contributed by atoms with Gasteiger partial charge in [0.05, 0.1) is 13.0 Å². The van der Waals surface area contributed by atoms with Crippen molar-refractivity contribution in [3.8, 4) is 0 Å². The Morgan fingerprint density at radius 1 is 1.04 bits per heavy atom. The van der Waals surface area contributed by atoms with Crippen molar-refractivity contribution in [1.29, 1.82) is 0 Å². The average Bonchev–Trinajstić information content (AvgIpc) is 2.43. The summed E-state index contributed by atoms with van der Waals surface area (Å²) < 4.78 is 10.7. The molecule has 0 bridgehead atoms. The van der Waals surface area contributed by atoms with Gasteiger partial charge in [0.15, 0.2) is 0 Å². The van der Waals surface area contributed by atoms with E-state index in [0.717, 1.165) is 32.7 Å². The van der Waals surface area contributed by atoms with Gasteiger partial charge in [-0.15, -0.1) is 12.6 Å². The highest BCUT2D eigenvalue weighted by Crippen LogP contribution is 2.30. The zero-order chi connectivity index (χ0) is 18.7. The minimum Gasteiger partial charge on any atom is -0.481 e. The summed E-state index contributed by atoms with van der Waals surface area (Å²) in [6.45, 7) is 11.1. The number of carboxylic acids is 1. The number of aliphatic carboxylic acids is 1. The maximum absolute atomic E-state index is 11.7. The van der Waals surface area contributed by atoms with E-state index < -0.39 is 17.5 Å². The molecule has 0 saturated heterocycles. The lowest BCUT2D eigenvalue weighted by Gasteiger charge is -2.21. The van der Waals surface area contributed by atoms with Crippen LogP contribution in [0.2, 0.25) is 0 Å². The van der Waals surface area contributed by atoms with Crippen LogP contribution in [0, 0.1) is 20.8 Å². The van der Waals surface area contributed by atoms with E-state index in [0.29, 0.717) is 0 Å². The van der Waals surface area contributed by atoms with Crippen LogP contribution in [0.25, 0.3) is 0 Å². The van der Waals surface area contributed by atoms with Gasteiger partial charge in [0.1, 0.15) is 12.2 Å². The van der Waals surface area contributed by atoms with E-state index in [9.17, 15) is 9.59 Å². The molecule has 0 saturated carbocycles. The van der Waals surface area contributed by atoms with E-state index in [2.05, 4.69) is 12.6 Å². The van der Waals surface area contributed by atoms with Gasteiger partial charge in [-0.1, -0.05) is 0 Å². The Morgan fingerprint density at radius 3 is 2.08 bits per heavy atom. The SMILES string of the molecule is Cc1c(S)c(C)c(CC(=O)O)c(C)c1COCC(=O)OC(C)(C)C. The van der Waals surface area contributed by atoms with Crippen LogP contribution in [0.3, 0.4) is 0 Å². The first-order chi connectivity index (χ1) is 10.9. The zero-order valence-corrected chi connectivity index (χ0v) is 16.0. The Labute approximate surface area is 148 Å². The highest BCUT2D eigenvalue weighted by Gasteiger charge is 2.19. The van der Waals surface area contributed by atoms with Crippen LogP contribution in [-0.2, 0) is 32.1 Å². The first-order valence-corrected chi connectivity index (χ1v) is 8.20. The van der Waals surface area contributed by atoms with Crippen molar-refractivity contribution in [1.82, 2.24) is 0 Å². The number of ether oxygens (including phenoxy) is 2. The fraction of sp³-hybridized carbons (Fsp3) is 0.556. The first kappa shape index (κ1) is 20.5. The number of carbonyl (C=O) groups is 2. The highest BCUT2D eigenvalue weighted by atomic mass is 32.1. The number of thiol groups is 1. The van der Waals surface area contributed by atoms with Gasteiger partial charge in [0.25, 0.3) is 0 Å². The predicted octanol–water partition coefficient (Wildman–Crippen LogP) is 3.39. The molecule has 0 aliphatic carbocycles. The second-order valence-corrected chi connectivity index (χ2v) is 7.28. The van der Waals surface area contributed by atoms with Crippen LogP contribution in [0.15, 0.2) is 4.90 Å². The Kier molecular flexibility index (Phi) is 6.86. The maximum atomic E-state index is 11.7. The third kappa shape index (κ3) is 5.53. The van der Waals surface area contributed by atoms with Crippen LogP contribution in [0.5, 0.6) is 0 Å². The van der Waals surface area contributed by atoms with Gasteiger partial charge in [0, 0.05) is 4.90 Å². The Morgan fingerprint density at radius 2 is 1.58 bits per heavy atom. The summed E-state index contributed by atoms with van der Waals surface area (Å²) in [5.41, 5.74) is 3.73. The lowest BCUT2D eigenvalue weighted by Crippen LogP contribution is -2.26. The van der Waals surface area contributed by atoms with Crippen LogP contribution < -0.4 is 0 Å². The summed E-state index contributed by atoms with van der Waals surface area (Å²) in [4.78, 5) is 23.6. The van der Waals surface area contributed by atoms with Crippen molar-refractivity contribution in [2.75, 3.05) is 6.61 Å². The first-order valence-electron chi connectivity index (χ1n) is 7.76. The summed E-state index contributed by atoms with van der Waals surface area (Å²) in [6.07, 6.45) is -0.0649. The average molecular weight is 354 g/mol. The van der Waals surface area contributed by atoms with Gasteiger partial charge < -0.3 is 14.6 Å². The summed E-state index contributed by atoms with van der Waals surface area (Å²) >= 11 is 4.50. The molecule has 0 unspecified atom stereocenters. The quantitative estimate of drug-likeness (QED) is 0.605. The van der Waals surface area contributed by atoms with Gasteiger partial charge in [-0.05, 0) is 69.4 Å². The van der Waals surface area contributed by atoms with Crippen molar-refractivity contribution in [3.05, 3.63) is 27.8 Å². The smallest absolute Gasteiger partial charge is 0.332 e. The van der Waals surface area contributed by atoms with Crippen LogP contribution in [0.4, 0.5) is 0 Å². The van der Waals surface area contributed by atoms with Crippen LogP contribution >= 0.6 is 12.6 Å². The van der Waals surface area contributed by atoms with E-state index in [1.54, 1.807) is 20.8 Å². The highest BCUT2D eigenvalue weighted by molar-refractivity contribution is 7.80. The number of benzene rings is 1. The molecule has 24 heavy (non-hydrogen) atoms. The Bertz CT molecular complexity index is 644. The second-order valence-electron chi connectivity index (χ2n) is 6.83. The third-order valence-corrected chi connectivity index (χ3v) is 4.41. The van der Waals surface area contributed by atoms with Crippen LogP contribution in [0.1, 0.15) is 48.6 Å². The molecule has 5 nitrogen and oxygen atoms in total. The Balaban J connectivity index is 2.94. The van der Waals surface area contributed by atoms with E-state index in [-0.39, 0.29) is 19.6 Å². The molecule has 0 radical (unpaired) electrons. The molecule has 0 fully saturated rings. The van der Waals surface area contributed by atoms with Crippen molar-refractivity contribution >= 4 is 24.6 Å². The van der Waals surface area contributed by atoms with E-state index >= 15 is 0 Å². The molecule has 0 aliphatic heterocycles. The van der Waals surface area contributed by atoms with Gasteiger partial charge in [-0.2, -0.15) is 0 Å². The zero-order valence-electron chi connectivity index (χ0n) is 15.1. The van der Waals surface area contributed by atoms with Crippen molar-refractivity contribution in [2.45, 2.75) is 65.1 Å². The minimum atomic E-state index is -0.890. The molecule has 1 aromatic carbocycles. The number of rotatable bonds is 6. The number of hydrogen-bond donors (Lipinski definition) is 2. The second kappa shape index (κ2) is 8.03. The van der Waals surface area contributed by atoms with E-state index in [1.165, 1.54) is 0 Å². The van der Waals surface area contributed by atoms with Gasteiger partial charge in [-0.25, -0.2) is 4.79 Å². The minimum absolute atomic E-state index is 0.0649. The third-order valence-electron chi connectivity index (χ3n) is 3.74. The number of carboxylic acid groups (broad SMARTS) is 1. The fourth-order valence-electron chi connectivity index (χ4n) is 2.55. The van der Waals surface area contributed by atoms with E-state index in [1.807, 2.05) is 20.8 Å². The fourth-order valence-corrected chi connectivity index (χ4v) is 2.82. The molecule has 6 heteroatoms. The van der Waals surface area contributed by atoms with E-state index in [4.69, 9.17) is 14.6 Å². The van der Waals surface area contributed by atoms with Gasteiger partial charge >= 0.3 is 11.9 Å². The van der Waals surface area contributed by atoms with Gasteiger partial charge in [-0.3, -0.25) is 4.79 Å². The number of carbonyl (C=O) groups excluding carboxylic acids is 1. The summed E-state index contributed by atoms with van der Waals surface area (Å²) in [7, 11) is 0. The molecule has 0 spiro atoms. The topological polar surface area (TPSA) is 72.8 Å². The molecule has 0 atom stereocenters. The van der Waals surface area contributed by atoms with Crippen LogP contribution in [-0.4, -0.2) is 29.3 Å². The van der Waals surface area contributed by atoms with Crippen molar-refractivity contribution in [2.24, 2.45) is 0 Å². The summed E-state index contributed by atoms with van der Waals surface area (Å²) in [5, 5.41) is 9.11. The lowest BCUT2D eigenvalue weighted by atomic mass is 9.92. The normalized spacial score (nSPS) is 11.5. The Hall–Kier alpha value is -1.53.